The van der Waals surface area contributed by atoms with Crippen LogP contribution in [-0.2, 0) is 0 Å². The molecule has 3 unspecified atom stereocenters. The molecule has 1 heterocycles. The molecule has 2 nitrogen and oxygen atoms in total. The molecular formula is C14H28N2. The molecule has 0 radical (unpaired) electrons. The molecule has 0 aromatic carbocycles. The molecule has 2 rings (SSSR count). The second-order valence-electron chi connectivity index (χ2n) is 6.25. The maximum Gasteiger partial charge on any atom is 0.0246 e. The molecule has 1 aliphatic heterocycles. The number of likely N-dealkylation sites (tertiary alicyclic amines) is 1. The van der Waals surface area contributed by atoms with Crippen molar-refractivity contribution in [3.05, 3.63) is 0 Å². The Morgan fingerprint density at radius 3 is 2.19 bits per heavy atom. The maximum absolute atomic E-state index is 6.03. The highest BCUT2D eigenvalue weighted by Gasteiger charge is 2.32. The molecule has 0 aromatic rings. The van der Waals surface area contributed by atoms with Crippen LogP contribution in [-0.4, -0.2) is 30.6 Å². The van der Waals surface area contributed by atoms with E-state index in [2.05, 4.69) is 18.7 Å². The summed E-state index contributed by atoms with van der Waals surface area (Å²) in [6, 6.07) is 0.674. The van der Waals surface area contributed by atoms with Crippen molar-refractivity contribution in [3.8, 4) is 0 Å². The largest absolute Gasteiger partial charge is 0.329 e. The predicted octanol–water partition coefficient (Wildman–Crippen LogP) is 2.48. The van der Waals surface area contributed by atoms with Crippen LogP contribution in [0.15, 0.2) is 0 Å². The van der Waals surface area contributed by atoms with E-state index in [-0.39, 0.29) is 0 Å². The third-order valence-electron chi connectivity index (χ3n) is 4.55. The van der Waals surface area contributed by atoms with Crippen LogP contribution in [0.5, 0.6) is 0 Å². The predicted molar refractivity (Wildman–Crippen MR) is 69.3 cm³/mol. The lowest BCUT2D eigenvalue weighted by atomic mass is 9.88. The normalized spacial score (nSPS) is 35.4. The molecule has 94 valence electrons. The Morgan fingerprint density at radius 1 is 1.12 bits per heavy atom. The lowest BCUT2D eigenvalue weighted by molar-refractivity contribution is 0.0699. The van der Waals surface area contributed by atoms with E-state index >= 15 is 0 Å². The Hall–Kier alpha value is -0.0800. The van der Waals surface area contributed by atoms with E-state index in [4.69, 9.17) is 5.73 Å². The molecule has 2 fully saturated rings. The fraction of sp³-hybridized carbons (Fsp3) is 1.00. The summed E-state index contributed by atoms with van der Waals surface area (Å²) in [4.78, 5) is 2.70. The van der Waals surface area contributed by atoms with E-state index in [0.29, 0.717) is 6.04 Å². The highest BCUT2D eigenvalue weighted by Crippen LogP contribution is 2.32. The molecule has 16 heavy (non-hydrogen) atoms. The Balaban J connectivity index is 1.96. The summed E-state index contributed by atoms with van der Waals surface area (Å²) in [5.74, 6) is 2.61. The van der Waals surface area contributed by atoms with Crippen LogP contribution in [0.4, 0.5) is 0 Å². The Morgan fingerprint density at radius 2 is 1.69 bits per heavy atom. The quantitative estimate of drug-likeness (QED) is 0.798. The Labute approximate surface area is 101 Å². The first-order valence-corrected chi connectivity index (χ1v) is 7.14. The molecule has 0 bridgehead atoms. The molecule has 2 heteroatoms. The van der Waals surface area contributed by atoms with Gasteiger partial charge in [-0.3, -0.25) is 4.90 Å². The molecule has 1 saturated heterocycles. The number of hydrogen-bond acceptors (Lipinski definition) is 2. The zero-order valence-corrected chi connectivity index (χ0v) is 11.0. The minimum atomic E-state index is 0.674. The first kappa shape index (κ1) is 12.4. The fourth-order valence-electron chi connectivity index (χ4n) is 3.96. The highest BCUT2D eigenvalue weighted by molar-refractivity contribution is 4.87. The number of nitrogens with two attached hydrogens (primary N) is 1. The third kappa shape index (κ3) is 2.78. The molecule has 3 atom stereocenters. The van der Waals surface area contributed by atoms with Gasteiger partial charge in [0, 0.05) is 25.7 Å². The second kappa shape index (κ2) is 5.50. The van der Waals surface area contributed by atoms with Crippen molar-refractivity contribution >= 4 is 0 Å². The molecule has 2 aliphatic rings. The average molecular weight is 224 g/mol. The van der Waals surface area contributed by atoms with Crippen LogP contribution in [0.1, 0.15) is 46.0 Å². The van der Waals surface area contributed by atoms with Crippen molar-refractivity contribution in [2.45, 2.75) is 52.0 Å². The summed E-state index contributed by atoms with van der Waals surface area (Å²) in [7, 11) is 0. The van der Waals surface area contributed by atoms with E-state index in [1.54, 1.807) is 0 Å². The summed E-state index contributed by atoms with van der Waals surface area (Å²) in [6.07, 6.45) is 7.10. The van der Waals surface area contributed by atoms with Crippen LogP contribution in [0, 0.1) is 17.8 Å². The maximum atomic E-state index is 6.03. The van der Waals surface area contributed by atoms with E-state index < -0.39 is 0 Å². The van der Waals surface area contributed by atoms with Gasteiger partial charge in [-0.15, -0.1) is 0 Å². The molecule has 0 spiro atoms. The molecule has 1 saturated carbocycles. The molecule has 0 amide bonds. The van der Waals surface area contributed by atoms with Crippen LogP contribution >= 0.6 is 0 Å². The van der Waals surface area contributed by atoms with Crippen molar-refractivity contribution in [1.29, 1.82) is 0 Å². The summed E-state index contributed by atoms with van der Waals surface area (Å²) in [5.41, 5.74) is 6.03. The fourth-order valence-corrected chi connectivity index (χ4v) is 3.96. The molecule has 1 aliphatic carbocycles. The summed E-state index contributed by atoms with van der Waals surface area (Å²) >= 11 is 0. The van der Waals surface area contributed by atoms with Crippen LogP contribution < -0.4 is 5.73 Å². The van der Waals surface area contributed by atoms with Gasteiger partial charge in [0.2, 0.25) is 0 Å². The average Bonchev–Trinajstić information content (AvgIpc) is 2.70. The zero-order chi connectivity index (χ0) is 11.5. The SMILES string of the molecule is CC1CC(C)CN(C(CN)C2CCCC2)C1. The number of piperidine rings is 1. The van der Waals surface area contributed by atoms with Gasteiger partial charge in [-0.1, -0.05) is 26.7 Å². The van der Waals surface area contributed by atoms with Crippen molar-refractivity contribution < 1.29 is 0 Å². The summed E-state index contributed by atoms with van der Waals surface area (Å²) in [6.45, 7) is 8.21. The summed E-state index contributed by atoms with van der Waals surface area (Å²) < 4.78 is 0. The first-order valence-electron chi connectivity index (χ1n) is 7.14. The van der Waals surface area contributed by atoms with Crippen LogP contribution in [0.2, 0.25) is 0 Å². The number of nitrogens with zero attached hydrogens (tertiary/aromatic N) is 1. The third-order valence-corrected chi connectivity index (χ3v) is 4.55. The van der Waals surface area contributed by atoms with Gasteiger partial charge in [-0.25, -0.2) is 0 Å². The number of hydrogen-bond donors (Lipinski definition) is 1. The van der Waals surface area contributed by atoms with E-state index in [1.165, 1.54) is 45.2 Å². The molecular weight excluding hydrogens is 196 g/mol. The topological polar surface area (TPSA) is 29.3 Å². The lowest BCUT2D eigenvalue weighted by Crippen LogP contribution is -2.51. The van der Waals surface area contributed by atoms with Gasteiger partial charge in [0.05, 0.1) is 0 Å². The number of rotatable bonds is 3. The van der Waals surface area contributed by atoms with Gasteiger partial charge >= 0.3 is 0 Å². The van der Waals surface area contributed by atoms with Gasteiger partial charge in [0.25, 0.3) is 0 Å². The monoisotopic (exact) mass is 224 g/mol. The second-order valence-corrected chi connectivity index (χ2v) is 6.25. The Kier molecular flexibility index (Phi) is 4.26. The van der Waals surface area contributed by atoms with Crippen molar-refractivity contribution in [1.82, 2.24) is 4.90 Å². The minimum absolute atomic E-state index is 0.674. The van der Waals surface area contributed by atoms with Gasteiger partial charge < -0.3 is 5.73 Å². The first-order chi connectivity index (χ1) is 7.70. The Bertz CT molecular complexity index is 201. The van der Waals surface area contributed by atoms with Gasteiger partial charge in [-0.05, 0) is 37.0 Å². The smallest absolute Gasteiger partial charge is 0.0246 e. The zero-order valence-electron chi connectivity index (χ0n) is 11.0. The van der Waals surface area contributed by atoms with Gasteiger partial charge in [0.1, 0.15) is 0 Å². The van der Waals surface area contributed by atoms with Crippen molar-refractivity contribution in [3.63, 3.8) is 0 Å². The van der Waals surface area contributed by atoms with Gasteiger partial charge in [0.15, 0.2) is 0 Å². The molecule has 2 N–H and O–H groups in total. The summed E-state index contributed by atoms with van der Waals surface area (Å²) in [5, 5.41) is 0. The van der Waals surface area contributed by atoms with Gasteiger partial charge in [-0.2, -0.15) is 0 Å². The van der Waals surface area contributed by atoms with Crippen molar-refractivity contribution in [2.75, 3.05) is 19.6 Å². The van der Waals surface area contributed by atoms with Crippen LogP contribution in [0.3, 0.4) is 0 Å². The minimum Gasteiger partial charge on any atom is -0.329 e. The van der Waals surface area contributed by atoms with E-state index in [0.717, 1.165) is 24.3 Å². The highest BCUT2D eigenvalue weighted by atomic mass is 15.2. The molecule has 0 aromatic heterocycles. The van der Waals surface area contributed by atoms with Crippen molar-refractivity contribution in [2.24, 2.45) is 23.5 Å². The van der Waals surface area contributed by atoms with Crippen LogP contribution in [0.25, 0.3) is 0 Å². The van der Waals surface area contributed by atoms with E-state index in [1.807, 2.05) is 0 Å². The lowest BCUT2D eigenvalue weighted by Gasteiger charge is -2.42. The van der Waals surface area contributed by atoms with E-state index in [9.17, 15) is 0 Å². The standard InChI is InChI=1S/C14H28N2/c1-11-7-12(2)10-16(9-11)14(8-15)13-5-3-4-6-13/h11-14H,3-10,15H2,1-2H3.